The van der Waals surface area contributed by atoms with Crippen molar-refractivity contribution in [2.24, 2.45) is 0 Å². The molecule has 25 heavy (non-hydrogen) atoms. The van der Waals surface area contributed by atoms with E-state index in [1.165, 1.54) is 5.69 Å². The van der Waals surface area contributed by atoms with Crippen LogP contribution in [0.15, 0.2) is 18.3 Å². The number of hydrogen-bond acceptors (Lipinski definition) is 5. The van der Waals surface area contributed by atoms with Gasteiger partial charge in [0.25, 0.3) is 0 Å². The lowest BCUT2D eigenvalue weighted by molar-refractivity contribution is 0.0299. The fraction of sp³-hybridized carbons (Fsp3) is 0.684. The summed E-state index contributed by atoms with van der Waals surface area (Å²) in [5.41, 5.74) is 1.87. The van der Waals surface area contributed by atoms with Crippen LogP contribution in [0.3, 0.4) is 0 Å². The van der Waals surface area contributed by atoms with E-state index in [0.717, 1.165) is 38.2 Å². The lowest BCUT2D eigenvalue weighted by atomic mass is 10.0. The number of nitrogens with zero attached hydrogens (tertiary/aromatic N) is 3. The van der Waals surface area contributed by atoms with Crippen molar-refractivity contribution in [3.8, 4) is 0 Å². The molecule has 1 N–H and O–H groups in total. The van der Waals surface area contributed by atoms with Gasteiger partial charge in [-0.3, -0.25) is 4.98 Å². The molecule has 1 aromatic heterocycles. The molecule has 0 bridgehead atoms. The number of carbonyl (C=O) groups excluding carboxylic acids is 1. The molecule has 2 rings (SSSR count). The smallest absolute Gasteiger partial charge is 0.410 e. The Kier molecular flexibility index (Phi) is 6.64. The van der Waals surface area contributed by atoms with Crippen molar-refractivity contribution >= 4 is 11.8 Å². The van der Waals surface area contributed by atoms with Gasteiger partial charge < -0.3 is 19.9 Å². The molecular weight excluding hydrogens is 316 g/mol. The summed E-state index contributed by atoms with van der Waals surface area (Å²) in [5.74, 6) is 0. The Morgan fingerprint density at radius 2 is 2.08 bits per heavy atom. The maximum atomic E-state index is 11.9. The van der Waals surface area contributed by atoms with Gasteiger partial charge in [0.05, 0.1) is 0 Å². The Balaban J connectivity index is 1.68. The van der Waals surface area contributed by atoms with Crippen LogP contribution in [0.2, 0.25) is 0 Å². The normalized spacial score (nSPS) is 16.0. The quantitative estimate of drug-likeness (QED) is 0.887. The van der Waals surface area contributed by atoms with Crippen LogP contribution in [0.5, 0.6) is 0 Å². The van der Waals surface area contributed by atoms with Gasteiger partial charge in [-0.15, -0.1) is 0 Å². The van der Waals surface area contributed by atoms with Crippen LogP contribution in [-0.4, -0.2) is 60.8 Å². The van der Waals surface area contributed by atoms with Crippen molar-refractivity contribution in [1.29, 1.82) is 0 Å². The van der Waals surface area contributed by atoms with Crippen LogP contribution in [0.4, 0.5) is 10.5 Å². The van der Waals surface area contributed by atoms with E-state index in [-0.39, 0.29) is 6.09 Å². The summed E-state index contributed by atoms with van der Waals surface area (Å²) in [5, 5.41) is 3.57. The van der Waals surface area contributed by atoms with Gasteiger partial charge in [-0.1, -0.05) is 0 Å². The third-order valence-electron chi connectivity index (χ3n) is 4.33. The van der Waals surface area contributed by atoms with Crippen LogP contribution in [-0.2, 0) is 4.74 Å². The van der Waals surface area contributed by atoms with Gasteiger partial charge in [0.15, 0.2) is 0 Å². The third kappa shape index (κ3) is 6.53. The molecule has 0 unspecified atom stereocenters. The van der Waals surface area contributed by atoms with Gasteiger partial charge in [-0.25, -0.2) is 4.79 Å². The summed E-state index contributed by atoms with van der Waals surface area (Å²) < 4.78 is 5.36. The molecule has 1 aromatic rings. The second-order valence-electron chi connectivity index (χ2n) is 7.77. The zero-order valence-electron chi connectivity index (χ0n) is 16.2. The number of aryl methyl sites for hydroxylation is 1. The molecule has 0 radical (unpaired) electrons. The maximum Gasteiger partial charge on any atom is 0.410 e. The van der Waals surface area contributed by atoms with Crippen LogP contribution in [0.25, 0.3) is 0 Å². The minimum Gasteiger partial charge on any atom is -0.444 e. The molecule has 6 nitrogen and oxygen atoms in total. The first-order valence-corrected chi connectivity index (χ1v) is 9.10. The molecule has 140 valence electrons. The second kappa shape index (κ2) is 8.52. The third-order valence-corrected chi connectivity index (χ3v) is 4.33. The number of piperidine rings is 1. The second-order valence-corrected chi connectivity index (χ2v) is 7.77. The number of ether oxygens (including phenoxy) is 1. The van der Waals surface area contributed by atoms with Crippen molar-refractivity contribution in [3.63, 3.8) is 0 Å². The van der Waals surface area contributed by atoms with Crippen LogP contribution in [0.1, 0.15) is 39.3 Å². The number of carbonyl (C=O) groups is 1. The SMILES string of the molecule is Cc1cc(N2CCC(NCCN(C)C(=O)OC(C)(C)C)CC2)ccn1. The number of rotatable bonds is 5. The first-order valence-electron chi connectivity index (χ1n) is 9.10. The number of amides is 1. The highest BCUT2D eigenvalue weighted by atomic mass is 16.6. The zero-order chi connectivity index (χ0) is 18.4. The highest BCUT2D eigenvalue weighted by Gasteiger charge is 2.21. The largest absolute Gasteiger partial charge is 0.444 e. The monoisotopic (exact) mass is 348 g/mol. The first-order chi connectivity index (χ1) is 11.7. The predicted octanol–water partition coefficient (Wildman–Crippen LogP) is 2.82. The van der Waals surface area contributed by atoms with E-state index < -0.39 is 5.60 Å². The summed E-state index contributed by atoms with van der Waals surface area (Å²) in [6, 6.07) is 4.73. The average molecular weight is 348 g/mol. The fourth-order valence-corrected chi connectivity index (χ4v) is 2.94. The Bertz CT molecular complexity index is 563. The summed E-state index contributed by atoms with van der Waals surface area (Å²) in [6.07, 6.45) is 3.83. The number of anilines is 1. The standard InChI is InChI=1S/C19H32N4O2/c1-15-14-17(6-9-20-15)23-11-7-16(8-12-23)21-10-13-22(5)18(24)25-19(2,3)4/h6,9,14,16,21H,7-8,10-13H2,1-5H3. The van der Waals surface area contributed by atoms with E-state index >= 15 is 0 Å². The minimum absolute atomic E-state index is 0.267. The summed E-state index contributed by atoms with van der Waals surface area (Å²) in [7, 11) is 1.78. The molecule has 2 heterocycles. The fourth-order valence-electron chi connectivity index (χ4n) is 2.94. The molecule has 0 spiro atoms. The average Bonchev–Trinajstić information content (AvgIpc) is 2.54. The van der Waals surface area contributed by atoms with E-state index in [9.17, 15) is 4.79 Å². The van der Waals surface area contributed by atoms with E-state index in [1.807, 2.05) is 33.9 Å². The summed E-state index contributed by atoms with van der Waals surface area (Å²) in [6.45, 7) is 11.2. The summed E-state index contributed by atoms with van der Waals surface area (Å²) in [4.78, 5) is 20.2. The molecule has 1 saturated heterocycles. The van der Waals surface area contributed by atoms with Gasteiger partial charge >= 0.3 is 6.09 Å². The molecule has 1 amide bonds. The van der Waals surface area contributed by atoms with Gasteiger partial charge in [-0.2, -0.15) is 0 Å². The molecule has 1 fully saturated rings. The minimum atomic E-state index is -0.448. The molecule has 1 aliphatic rings. The number of pyridine rings is 1. The molecule has 0 aromatic carbocycles. The van der Waals surface area contributed by atoms with E-state index in [4.69, 9.17) is 4.74 Å². The van der Waals surface area contributed by atoms with Gasteiger partial charge in [0, 0.05) is 56.8 Å². The van der Waals surface area contributed by atoms with Crippen molar-refractivity contribution in [3.05, 3.63) is 24.0 Å². The number of nitrogens with one attached hydrogen (secondary N) is 1. The van der Waals surface area contributed by atoms with Gasteiger partial charge in [0.1, 0.15) is 5.60 Å². The molecule has 0 aliphatic carbocycles. The molecule has 0 atom stereocenters. The maximum absolute atomic E-state index is 11.9. The van der Waals surface area contributed by atoms with E-state index in [0.29, 0.717) is 12.6 Å². The highest BCUT2D eigenvalue weighted by molar-refractivity contribution is 5.67. The van der Waals surface area contributed by atoms with Crippen LogP contribution < -0.4 is 10.2 Å². The van der Waals surface area contributed by atoms with Crippen molar-refractivity contribution in [2.45, 2.75) is 52.2 Å². The number of likely N-dealkylation sites (N-methyl/N-ethyl adjacent to an activating group) is 1. The topological polar surface area (TPSA) is 57.7 Å². The highest BCUT2D eigenvalue weighted by Crippen LogP contribution is 2.20. The van der Waals surface area contributed by atoms with Gasteiger partial charge in [-0.05, 0) is 52.7 Å². The lowest BCUT2D eigenvalue weighted by Gasteiger charge is -2.34. The Hall–Kier alpha value is -1.82. The molecular formula is C19H32N4O2. The van der Waals surface area contributed by atoms with Crippen molar-refractivity contribution in [2.75, 3.05) is 38.1 Å². The van der Waals surface area contributed by atoms with Gasteiger partial charge in [0.2, 0.25) is 0 Å². The number of aromatic nitrogens is 1. The van der Waals surface area contributed by atoms with Crippen molar-refractivity contribution < 1.29 is 9.53 Å². The zero-order valence-corrected chi connectivity index (χ0v) is 16.2. The van der Waals surface area contributed by atoms with Crippen LogP contribution >= 0.6 is 0 Å². The Morgan fingerprint density at radius 3 is 2.68 bits per heavy atom. The Labute approximate surface area is 151 Å². The summed E-state index contributed by atoms with van der Waals surface area (Å²) >= 11 is 0. The van der Waals surface area contributed by atoms with E-state index in [1.54, 1.807) is 11.9 Å². The molecule has 0 saturated carbocycles. The predicted molar refractivity (Wildman–Crippen MR) is 101 cm³/mol. The van der Waals surface area contributed by atoms with Crippen molar-refractivity contribution in [1.82, 2.24) is 15.2 Å². The molecule has 1 aliphatic heterocycles. The van der Waals surface area contributed by atoms with Crippen LogP contribution in [0, 0.1) is 6.92 Å². The molecule has 6 heteroatoms. The van der Waals surface area contributed by atoms with E-state index in [2.05, 4.69) is 27.3 Å². The lowest BCUT2D eigenvalue weighted by Crippen LogP contribution is -2.45. The Morgan fingerprint density at radius 1 is 1.40 bits per heavy atom. The first kappa shape index (κ1) is 19.5. The number of hydrogen-bond donors (Lipinski definition) is 1.